The molecule has 2 heterocycles. The monoisotopic (exact) mass is 378 g/mol. The van der Waals surface area contributed by atoms with Gasteiger partial charge in [-0.25, -0.2) is 9.97 Å². The lowest BCUT2D eigenvalue weighted by Gasteiger charge is -2.21. The molecule has 144 valence electrons. The largest absolute Gasteiger partial charge is 0.368 e. The molecule has 0 aliphatic carbocycles. The molecule has 0 saturated heterocycles. The number of rotatable bonds is 7. The van der Waals surface area contributed by atoms with Crippen molar-refractivity contribution in [3.8, 4) is 0 Å². The number of anilines is 1. The number of amides is 2. The molecular formula is C20H22N6O2. The highest BCUT2D eigenvalue weighted by Gasteiger charge is 2.21. The van der Waals surface area contributed by atoms with Crippen LogP contribution in [0.5, 0.6) is 0 Å². The Bertz CT molecular complexity index is 990. The quantitative estimate of drug-likeness (QED) is 0.577. The van der Waals surface area contributed by atoms with Crippen molar-refractivity contribution >= 4 is 28.5 Å². The zero-order valence-electron chi connectivity index (χ0n) is 15.7. The summed E-state index contributed by atoms with van der Waals surface area (Å²) in [7, 11) is 0. The molecule has 3 rings (SSSR count). The molecule has 0 saturated carbocycles. The van der Waals surface area contributed by atoms with Crippen LogP contribution < -0.4 is 16.4 Å². The maximum Gasteiger partial charge on any atom is 0.251 e. The summed E-state index contributed by atoms with van der Waals surface area (Å²) in [6.45, 7) is 3.95. The molecule has 0 fully saturated rings. The van der Waals surface area contributed by atoms with Gasteiger partial charge in [0.2, 0.25) is 5.91 Å². The first-order valence-electron chi connectivity index (χ1n) is 8.95. The SMILES string of the molecule is CC(C)[C@H](Nc1nc(CNC(=O)c2ccncc2)nc2ccccc12)C(N)=O. The molecule has 0 aliphatic heterocycles. The Morgan fingerprint density at radius 2 is 1.79 bits per heavy atom. The van der Waals surface area contributed by atoms with E-state index in [0.717, 1.165) is 5.39 Å². The highest BCUT2D eigenvalue weighted by Crippen LogP contribution is 2.22. The van der Waals surface area contributed by atoms with E-state index in [4.69, 9.17) is 5.73 Å². The zero-order chi connectivity index (χ0) is 20.1. The third-order valence-corrected chi connectivity index (χ3v) is 4.26. The van der Waals surface area contributed by atoms with Gasteiger partial charge in [0.25, 0.3) is 5.91 Å². The summed E-state index contributed by atoms with van der Waals surface area (Å²) >= 11 is 0. The van der Waals surface area contributed by atoms with Gasteiger partial charge in [0, 0.05) is 23.3 Å². The summed E-state index contributed by atoms with van der Waals surface area (Å²) in [5.41, 5.74) is 6.73. The summed E-state index contributed by atoms with van der Waals surface area (Å²) in [6, 6.07) is 10.1. The van der Waals surface area contributed by atoms with Crippen LogP contribution in [0.2, 0.25) is 0 Å². The van der Waals surface area contributed by atoms with Crippen molar-refractivity contribution in [2.75, 3.05) is 5.32 Å². The first kappa shape index (κ1) is 19.2. The number of hydrogen-bond acceptors (Lipinski definition) is 6. The first-order valence-corrected chi connectivity index (χ1v) is 8.95. The summed E-state index contributed by atoms with van der Waals surface area (Å²) in [6.07, 6.45) is 3.11. The van der Waals surface area contributed by atoms with Gasteiger partial charge in [0.1, 0.15) is 11.9 Å². The van der Waals surface area contributed by atoms with Crippen LogP contribution >= 0.6 is 0 Å². The topological polar surface area (TPSA) is 123 Å². The van der Waals surface area contributed by atoms with Crippen LogP contribution in [0.3, 0.4) is 0 Å². The molecule has 0 unspecified atom stereocenters. The van der Waals surface area contributed by atoms with Crippen LogP contribution in [0.15, 0.2) is 48.8 Å². The van der Waals surface area contributed by atoms with Gasteiger partial charge in [0.15, 0.2) is 5.82 Å². The Balaban J connectivity index is 1.87. The predicted octanol–water partition coefficient (Wildman–Crippen LogP) is 1.88. The molecule has 1 atom stereocenters. The number of carbonyl (C=O) groups excluding carboxylic acids is 2. The number of benzene rings is 1. The number of hydrogen-bond donors (Lipinski definition) is 3. The van der Waals surface area contributed by atoms with Crippen LogP contribution in [-0.4, -0.2) is 32.8 Å². The fourth-order valence-corrected chi connectivity index (χ4v) is 2.79. The number of aromatic nitrogens is 3. The third-order valence-electron chi connectivity index (χ3n) is 4.26. The Morgan fingerprint density at radius 1 is 1.07 bits per heavy atom. The lowest BCUT2D eigenvalue weighted by Crippen LogP contribution is -2.40. The second-order valence-corrected chi connectivity index (χ2v) is 6.69. The predicted molar refractivity (Wildman–Crippen MR) is 106 cm³/mol. The van der Waals surface area contributed by atoms with Gasteiger partial charge in [-0.2, -0.15) is 0 Å². The molecule has 8 nitrogen and oxygen atoms in total. The molecule has 4 N–H and O–H groups in total. The molecule has 0 radical (unpaired) electrons. The van der Waals surface area contributed by atoms with Crippen molar-refractivity contribution in [3.63, 3.8) is 0 Å². The molecule has 28 heavy (non-hydrogen) atoms. The lowest BCUT2D eigenvalue weighted by atomic mass is 10.0. The second-order valence-electron chi connectivity index (χ2n) is 6.69. The molecule has 0 bridgehead atoms. The highest BCUT2D eigenvalue weighted by molar-refractivity contribution is 5.94. The minimum Gasteiger partial charge on any atom is -0.368 e. The minimum atomic E-state index is -0.572. The van der Waals surface area contributed by atoms with E-state index in [2.05, 4.69) is 25.6 Å². The molecule has 1 aromatic carbocycles. The standard InChI is InChI=1S/C20H22N6O2/c1-12(2)17(18(21)27)26-19-14-5-3-4-6-15(14)24-16(25-19)11-23-20(28)13-7-9-22-10-8-13/h3-10,12,17H,11H2,1-2H3,(H2,21,27)(H,23,28)(H,24,25,26)/t17-/m0/s1. The van der Waals surface area contributed by atoms with Gasteiger partial charge in [-0.3, -0.25) is 14.6 Å². The number of fused-ring (bicyclic) bond motifs is 1. The first-order chi connectivity index (χ1) is 13.5. The number of nitrogens with zero attached hydrogens (tertiary/aromatic N) is 3. The van der Waals surface area contributed by atoms with Crippen LogP contribution in [0.4, 0.5) is 5.82 Å². The summed E-state index contributed by atoms with van der Waals surface area (Å²) < 4.78 is 0. The molecule has 8 heteroatoms. The average molecular weight is 378 g/mol. The maximum absolute atomic E-state index is 12.3. The van der Waals surface area contributed by atoms with Crippen molar-refractivity contribution in [3.05, 3.63) is 60.2 Å². The van der Waals surface area contributed by atoms with E-state index in [1.54, 1.807) is 24.5 Å². The van der Waals surface area contributed by atoms with Crippen molar-refractivity contribution in [1.29, 1.82) is 0 Å². The van der Waals surface area contributed by atoms with E-state index in [-0.39, 0.29) is 18.4 Å². The van der Waals surface area contributed by atoms with Crippen molar-refractivity contribution in [1.82, 2.24) is 20.3 Å². The van der Waals surface area contributed by atoms with E-state index in [9.17, 15) is 9.59 Å². The van der Waals surface area contributed by atoms with Crippen molar-refractivity contribution in [2.45, 2.75) is 26.4 Å². The Hall–Kier alpha value is -3.55. The fourth-order valence-electron chi connectivity index (χ4n) is 2.79. The lowest BCUT2D eigenvalue weighted by molar-refractivity contribution is -0.119. The summed E-state index contributed by atoms with van der Waals surface area (Å²) in [5, 5.41) is 6.71. The number of primary amides is 1. The number of pyridine rings is 1. The van der Waals surface area contributed by atoms with Crippen LogP contribution in [0.1, 0.15) is 30.0 Å². The zero-order valence-corrected chi connectivity index (χ0v) is 15.7. The van der Waals surface area contributed by atoms with Gasteiger partial charge in [-0.1, -0.05) is 26.0 Å². The smallest absolute Gasteiger partial charge is 0.251 e. The summed E-state index contributed by atoms with van der Waals surface area (Å²) in [4.78, 5) is 37.0. The van der Waals surface area contributed by atoms with Gasteiger partial charge in [-0.05, 0) is 30.2 Å². The van der Waals surface area contributed by atoms with Crippen molar-refractivity contribution < 1.29 is 9.59 Å². The van der Waals surface area contributed by atoms with Gasteiger partial charge in [0.05, 0.1) is 12.1 Å². The van der Waals surface area contributed by atoms with Gasteiger partial charge < -0.3 is 16.4 Å². The van der Waals surface area contributed by atoms with Crippen LogP contribution in [0.25, 0.3) is 10.9 Å². The fraction of sp³-hybridized carbons (Fsp3) is 0.250. The Kier molecular flexibility index (Phi) is 5.78. The van der Waals surface area contributed by atoms with E-state index in [1.807, 2.05) is 38.1 Å². The third kappa shape index (κ3) is 4.40. The minimum absolute atomic E-state index is 0.0129. The van der Waals surface area contributed by atoms with Crippen molar-refractivity contribution in [2.24, 2.45) is 11.7 Å². The normalized spacial score (nSPS) is 12.0. The molecule has 0 aliphatic rings. The van der Waals surface area contributed by atoms with E-state index in [1.165, 1.54) is 0 Å². The van der Waals surface area contributed by atoms with E-state index < -0.39 is 11.9 Å². The molecular weight excluding hydrogens is 356 g/mol. The van der Waals surface area contributed by atoms with E-state index in [0.29, 0.717) is 22.7 Å². The number of carbonyl (C=O) groups is 2. The Labute approximate surface area is 162 Å². The molecule has 2 amide bonds. The number of nitrogens with two attached hydrogens (primary N) is 1. The number of para-hydroxylation sites is 1. The second kappa shape index (κ2) is 8.43. The maximum atomic E-state index is 12.3. The highest BCUT2D eigenvalue weighted by atomic mass is 16.2. The van der Waals surface area contributed by atoms with Gasteiger partial charge >= 0.3 is 0 Å². The summed E-state index contributed by atoms with van der Waals surface area (Å²) in [5.74, 6) is 0.226. The number of nitrogens with one attached hydrogen (secondary N) is 2. The molecule has 0 spiro atoms. The van der Waals surface area contributed by atoms with E-state index >= 15 is 0 Å². The Morgan fingerprint density at radius 3 is 2.46 bits per heavy atom. The molecule has 2 aromatic heterocycles. The molecule has 3 aromatic rings. The van der Waals surface area contributed by atoms with Gasteiger partial charge in [-0.15, -0.1) is 0 Å². The van der Waals surface area contributed by atoms with Crippen LogP contribution in [-0.2, 0) is 11.3 Å². The average Bonchev–Trinajstić information content (AvgIpc) is 2.70. The van der Waals surface area contributed by atoms with Crippen LogP contribution in [0, 0.1) is 5.92 Å².